The summed E-state index contributed by atoms with van der Waals surface area (Å²) in [6.07, 6.45) is 0.728. The van der Waals surface area contributed by atoms with E-state index in [0.717, 1.165) is 5.56 Å². The summed E-state index contributed by atoms with van der Waals surface area (Å²) in [5.41, 5.74) is 0.852. The Balaban J connectivity index is 2.55. The zero-order valence-corrected chi connectivity index (χ0v) is 11.5. The molecule has 0 bridgehead atoms. The van der Waals surface area contributed by atoms with Gasteiger partial charge >= 0.3 is 0 Å². The van der Waals surface area contributed by atoms with E-state index in [1.54, 1.807) is 6.07 Å². The molecule has 2 rings (SSSR count). The highest BCUT2D eigenvalue weighted by atomic mass is 35.5. The average molecular weight is 276 g/mol. The fourth-order valence-corrected chi connectivity index (χ4v) is 3.15. The van der Waals surface area contributed by atoms with Gasteiger partial charge in [0.15, 0.2) is 0 Å². The Morgan fingerprint density at radius 3 is 2.65 bits per heavy atom. The lowest BCUT2D eigenvalue weighted by molar-refractivity contribution is 0.255. The van der Waals surface area contributed by atoms with Gasteiger partial charge in [-0.05, 0) is 19.1 Å². The Hall–Kier alpha value is -0.780. The van der Waals surface area contributed by atoms with Crippen LogP contribution in [0.25, 0.3) is 0 Å². The molecule has 0 aliphatic carbocycles. The van der Waals surface area contributed by atoms with Crippen molar-refractivity contribution in [1.82, 2.24) is 4.31 Å². The quantitative estimate of drug-likeness (QED) is 0.828. The van der Waals surface area contributed by atoms with Crippen molar-refractivity contribution in [2.45, 2.75) is 24.3 Å². The first kappa shape index (κ1) is 12.7. The molecule has 1 aliphatic rings. The Labute approximate surface area is 106 Å². The molecule has 0 saturated carbocycles. The summed E-state index contributed by atoms with van der Waals surface area (Å²) in [7, 11) is -0.454. The second-order valence-electron chi connectivity index (χ2n) is 4.31. The maximum Gasteiger partial charge on any atom is 0.242 e. The minimum Gasteiger partial charge on any atom is -0.489 e. The molecule has 6 heteroatoms. The molecule has 4 nitrogen and oxygen atoms in total. The molecule has 0 spiro atoms. The molecule has 94 valence electrons. The molecule has 0 amide bonds. The van der Waals surface area contributed by atoms with Crippen LogP contribution in [0.3, 0.4) is 0 Å². The van der Waals surface area contributed by atoms with Gasteiger partial charge in [-0.1, -0.05) is 11.6 Å². The van der Waals surface area contributed by atoms with Crippen LogP contribution in [0.4, 0.5) is 0 Å². The summed E-state index contributed by atoms with van der Waals surface area (Å²) in [6, 6.07) is 3.08. The molecule has 1 aromatic rings. The van der Waals surface area contributed by atoms with Crippen LogP contribution in [0.2, 0.25) is 5.02 Å². The topological polar surface area (TPSA) is 46.6 Å². The van der Waals surface area contributed by atoms with E-state index in [0.29, 0.717) is 17.2 Å². The van der Waals surface area contributed by atoms with Gasteiger partial charge in [0.05, 0.1) is 9.92 Å². The first-order valence-electron chi connectivity index (χ1n) is 5.24. The summed E-state index contributed by atoms with van der Waals surface area (Å²) in [5, 5.41) is 0.354. The van der Waals surface area contributed by atoms with Gasteiger partial charge in [-0.25, -0.2) is 12.7 Å². The van der Waals surface area contributed by atoms with Gasteiger partial charge in [0.1, 0.15) is 11.9 Å². The minimum atomic E-state index is -3.45. The van der Waals surface area contributed by atoms with Crippen molar-refractivity contribution >= 4 is 21.6 Å². The van der Waals surface area contributed by atoms with Crippen LogP contribution in [0.5, 0.6) is 5.75 Å². The van der Waals surface area contributed by atoms with Crippen LogP contribution < -0.4 is 4.74 Å². The summed E-state index contributed by atoms with van der Waals surface area (Å²) >= 11 is 6.04. The third kappa shape index (κ3) is 2.14. The molecule has 1 heterocycles. The highest BCUT2D eigenvalue weighted by molar-refractivity contribution is 7.89. The van der Waals surface area contributed by atoms with Crippen molar-refractivity contribution in [3.8, 4) is 5.75 Å². The molecule has 1 aromatic carbocycles. The van der Waals surface area contributed by atoms with Crippen LogP contribution in [-0.4, -0.2) is 32.9 Å². The van der Waals surface area contributed by atoms with Crippen LogP contribution in [-0.2, 0) is 16.4 Å². The Morgan fingerprint density at radius 2 is 2.06 bits per heavy atom. The van der Waals surface area contributed by atoms with Crippen molar-refractivity contribution in [2.24, 2.45) is 0 Å². The van der Waals surface area contributed by atoms with E-state index in [9.17, 15) is 8.42 Å². The molecule has 0 unspecified atom stereocenters. The van der Waals surface area contributed by atoms with Gasteiger partial charge in [0.2, 0.25) is 10.0 Å². The van der Waals surface area contributed by atoms with E-state index in [1.807, 2.05) is 6.92 Å². The van der Waals surface area contributed by atoms with Crippen LogP contribution in [0, 0.1) is 0 Å². The average Bonchev–Trinajstić information content (AvgIpc) is 2.58. The molecule has 0 N–H and O–H groups in total. The highest BCUT2D eigenvalue weighted by Gasteiger charge is 2.26. The largest absolute Gasteiger partial charge is 0.489 e. The number of halogens is 1. The number of benzene rings is 1. The molecule has 1 aliphatic heterocycles. The number of sulfonamides is 1. The van der Waals surface area contributed by atoms with Crippen molar-refractivity contribution in [3.05, 3.63) is 22.7 Å². The summed E-state index contributed by atoms with van der Waals surface area (Å²) in [5.74, 6) is 0.608. The maximum atomic E-state index is 12.0. The van der Waals surface area contributed by atoms with Crippen molar-refractivity contribution in [3.63, 3.8) is 0 Å². The van der Waals surface area contributed by atoms with E-state index in [2.05, 4.69) is 0 Å². The molecule has 0 radical (unpaired) electrons. The minimum absolute atomic E-state index is 0.0415. The zero-order valence-electron chi connectivity index (χ0n) is 9.90. The van der Waals surface area contributed by atoms with Crippen molar-refractivity contribution < 1.29 is 13.2 Å². The van der Waals surface area contributed by atoms with E-state index in [-0.39, 0.29) is 11.0 Å². The van der Waals surface area contributed by atoms with Crippen LogP contribution in [0.15, 0.2) is 17.0 Å². The summed E-state index contributed by atoms with van der Waals surface area (Å²) < 4.78 is 30.7. The number of hydrogen-bond acceptors (Lipinski definition) is 3. The second kappa shape index (κ2) is 4.15. The van der Waals surface area contributed by atoms with Gasteiger partial charge < -0.3 is 4.74 Å². The molecule has 0 saturated heterocycles. The second-order valence-corrected chi connectivity index (χ2v) is 6.87. The fraction of sp³-hybridized carbons (Fsp3) is 0.455. The monoisotopic (exact) mass is 275 g/mol. The van der Waals surface area contributed by atoms with Gasteiger partial charge in [0.25, 0.3) is 0 Å². The van der Waals surface area contributed by atoms with Gasteiger partial charge in [-0.3, -0.25) is 0 Å². The van der Waals surface area contributed by atoms with E-state index in [4.69, 9.17) is 16.3 Å². The number of ether oxygens (including phenoxy) is 1. The van der Waals surface area contributed by atoms with E-state index >= 15 is 0 Å². The first-order valence-corrected chi connectivity index (χ1v) is 7.06. The highest BCUT2D eigenvalue weighted by Crippen LogP contribution is 2.38. The van der Waals surface area contributed by atoms with E-state index < -0.39 is 10.0 Å². The Kier molecular flexibility index (Phi) is 3.10. The zero-order chi connectivity index (χ0) is 12.8. The van der Waals surface area contributed by atoms with Crippen molar-refractivity contribution in [1.29, 1.82) is 0 Å². The van der Waals surface area contributed by atoms with Crippen molar-refractivity contribution in [2.75, 3.05) is 14.1 Å². The predicted octanol–water partition coefficient (Wildman–Crippen LogP) is 1.91. The van der Waals surface area contributed by atoms with E-state index in [1.165, 1.54) is 24.5 Å². The van der Waals surface area contributed by atoms with Crippen LogP contribution in [0.1, 0.15) is 12.5 Å². The third-order valence-electron chi connectivity index (χ3n) is 2.70. The number of hydrogen-bond donors (Lipinski definition) is 0. The maximum absolute atomic E-state index is 12.0. The normalized spacial score (nSPS) is 19.2. The Bertz CT molecular complexity index is 554. The molecular weight excluding hydrogens is 262 g/mol. The Morgan fingerprint density at radius 1 is 1.41 bits per heavy atom. The van der Waals surface area contributed by atoms with Gasteiger partial charge in [-0.2, -0.15) is 0 Å². The molecule has 17 heavy (non-hydrogen) atoms. The lowest BCUT2D eigenvalue weighted by Crippen LogP contribution is -2.22. The van der Waals surface area contributed by atoms with Crippen LogP contribution >= 0.6 is 11.6 Å². The first-order chi connectivity index (χ1) is 7.82. The summed E-state index contributed by atoms with van der Waals surface area (Å²) in [6.45, 7) is 1.93. The lowest BCUT2D eigenvalue weighted by atomic mass is 10.1. The fourth-order valence-electron chi connectivity index (χ4n) is 1.82. The standard InChI is InChI=1S/C11H14ClNO3S/c1-7-4-8-5-9(17(14,15)13(2)3)6-10(12)11(8)16-7/h5-7H,4H2,1-3H3/t7-/m1/s1. The van der Waals surface area contributed by atoms with Gasteiger partial charge in [-0.15, -0.1) is 0 Å². The predicted molar refractivity (Wildman–Crippen MR) is 66.1 cm³/mol. The number of nitrogens with zero attached hydrogens (tertiary/aromatic N) is 1. The number of rotatable bonds is 2. The number of fused-ring (bicyclic) bond motifs is 1. The smallest absolute Gasteiger partial charge is 0.242 e. The molecule has 0 fully saturated rings. The third-order valence-corrected chi connectivity index (χ3v) is 4.77. The lowest BCUT2D eigenvalue weighted by Gasteiger charge is -2.12. The SMILES string of the molecule is C[C@@H]1Cc2cc(S(=O)(=O)N(C)C)cc(Cl)c2O1. The molecular formula is C11H14ClNO3S. The molecule has 0 aromatic heterocycles. The molecule has 1 atom stereocenters. The van der Waals surface area contributed by atoms with Gasteiger partial charge in [0, 0.05) is 26.1 Å². The summed E-state index contributed by atoms with van der Waals surface area (Å²) in [4.78, 5) is 0.212.